The van der Waals surface area contributed by atoms with Crippen LogP contribution in [0.15, 0.2) is 30.4 Å². The topological polar surface area (TPSA) is 87.1 Å². The molecule has 1 aliphatic heterocycles. The number of allylic oxidation sites excluding steroid dienone is 2. The van der Waals surface area contributed by atoms with Gasteiger partial charge in [0.2, 0.25) is 5.91 Å². The lowest BCUT2D eigenvalue weighted by molar-refractivity contribution is -0.132. The smallest absolute Gasteiger partial charge is 0.416 e. The molecule has 0 radical (unpaired) electrons. The minimum atomic E-state index is -0.534. The molecule has 6 nitrogen and oxygen atoms in total. The Hall–Kier alpha value is -2.50. The normalized spacial score (nSPS) is 19.3. The molecule has 0 bridgehead atoms. The standard InChI is InChI=1S/C21H29NO5/c1-4-17-13-27-21(26)22(17)20(25)15(3)8-6-5-7-14(2)11-16-9-10-18(23)19(24)12-16/h5-6,9-10,12,14-15,17,23-24H,4,7-8,11,13H2,1-3H3/b6-5+/t14-,15-,17+/m1/s1. The molecule has 1 saturated heterocycles. The van der Waals surface area contributed by atoms with Gasteiger partial charge in [-0.2, -0.15) is 0 Å². The van der Waals surface area contributed by atoms with E-state index in [2.05, 4.69) is 6.92 Å². The Morgan fingerprint density at radius 1 is 1.26 bits per heavy atom. The zero-order valence-electron chi connectivity index (χ0n) is 16.2. The number of phenols is 2. The van der Waals surface area contributed by atoms with Crippen molar-refractivity contribution in [2.75, 3.05) is 6.61 Å². The fraction of sp³-hybridized carbons (Fsp3) is 0.524. The van der Waals surface area contributed by atoms with Gasteiger partial charge in [-0.15, -0.1) is 0 Å². The van der Waals surface area contributed by atoms with E-state index in [0.717, 1.165) is 18.4 Å². The predicted octanol–water partition coefficient (Wildman–Crippen LogP) is 4.01. The SMILES string of the molecule is CC[C@H]1COC(=O)N1C(=O)[C@H](C)C/C=C/C[C@@H](C)Cc1ccc(O)c(O)c1. The number of ether oxygens (including phenoxy) is 1. The van der Waals surface area contributed by atoms with Crippen molar-refractivity contribution in [3.05, 3.63) is 35.9 Å². The highest BCUT2D eigenvalue weighted by Crippen LogP contribution is 2.26. The van der Waals surface area contributed by atoms with Crippen LogP contribution in [0.3, 0.4) is 0 Å². The van der Waals surface area contributed by atoms with Gasteiger partial charge < -0.3 is 14.9 Å². The molecule has 1 heterocycles. The zero-order valence-corrected chi connectivity index (χ0v) is 16.2. The number of aromatic hydroxyl groups is 2. The summed E-state index contributed by atoms with van der Waals surface area (Å²) in [7, 11) is 0. The minimum absolute atomic E-state index is 0.103. The van der Waals surface area contributed by atoms with Crippen LogP contribution in [0.4, 0.5) is 4.79 Å². The van der Waals surface area contributed by atoms with E-state index in [1.165, 1.54) is 11.0 Å². The first-order valence-electron chi connectivity index (χ1n) is 9.49. The van der Waals surface area contributed by atoms with Gasteiger partial charge in [-0.25, -0.2) is 9.69 Å². The van der Waals surface area contributed by atoms with Gasteiger partial charge in [0.05, 0.1) is 6.04 Å². The molecular formula is C21H29NO5. The molecule has 0 saturated carbocycles. The molecule has 0 spiro atoms. The average Bonchev–Trinajstić information content (AvgIpc) is 3.01. The second-order valence-electron chi connectivity index (χ2n) is 7.32. The molecule has 2 rings (SSSR count). The van der Waals surface area contributed by atoms with E-state index in [-0.39, 0.29) is 36.0 Å². The van der Waals surface area contributed by atoms with Gasteiger partial charge in [0.25, 0.3) is 0 Å². The van der Waals surface area contributed by atoms with E-state index in [9.17, 15) is 19.8 Å². The number of rotatable bonds is 8. The Morgan fingerprint density at radius 2 is 1.96 bits per heavy atom. The van der Waals surface area contributed by atoms with Gasteiger partial charge in [0.15, 0.2) is 11.5 Å². The van der Waals surface area contributed by atoms with Crippen molar-refractivity contribution in [1.82, 2.24) is 4.90 Å². The monoisotopic (exact) mass is 375 g/mol. The van der Waals surface area contributed by atoms with Crippen molar-refractivity contribution in [1.29, 1.82) is 0 Å². The Bertz CT molecular complexity index is 700. The molecule has 1 aromatic carbocycles. The van der Waals surface area contributed by atoms with E-state index in [0.29, 0.717) is 18.8 Å². The van der Waals surface area contributed by atoms with Crippen LogP contribution in [0.25, 0.3) is 0 Å². The number of hydrogen-bond donors (Lipinski definition) is 2. The molecule has 148 valence electrons. The number of phenolic OH excluding ortho intramolecular Hbond substituents is 2. The summed E-state index contributed by atoms with van der Waals surface area (Å²) in [4.78, 5) is 25.5. The number of carbonyl (C=O) groups excluding carboxylic acids is 2. The van der Waals surface area contributed by atoms with Crippen molar-refractivity contribution in [2.24, 2.45) is 11.8 Å². The minimum Gasteiger partial charge on any atom is -0.504 e. The first-order chi connectivity index (χ1) is 12.8. The van der Waals surface area contributed by atoms with Crippen LogP contribution < -0.4 is 0 Å². The number of cyclic esters (lactones) is 1. The molecule has 2 amide bonds. The largest absolute Gasteiger partial charge is 0.504 e. The van der Waals surface area contributed by atoms with Gasteiger partial charge in [-0.05, 0) is 49.3 Å². The first kappa shape index (κ1) is 20.8. The van der Waals surface area contributed by atoms with Gasteiger partial charge in [-0.3, -0.25) is 4.79 Å². The summed E-state index contributed by atoms with van der Waals surface area (Å²) in [6, 6.07) is 4.72. The van der Waals surface area contributed by atoms with E-state index in [1.807, 2.05) is 26.0 Å². The van der Waals surface area contributed by atoms with Crippen molar-refractivity contribution >= 4 is 12.0 Å². The molecule has 1 fully saturated rings. The van der Waals surface area contributed by atoms with Crippen LogP contribution >= 0.6 is 0 Å². The molecule has 1 aliphatic rings. The van der Waals surface area contributed by atoms with Crippen molar-refractivity contribution in [3.63, 3.8) is 0 Å². The molecular weight excluding hydrogens is 346 g/mol. The van der Waals surface area contributed by atoms with E-state index < -0.39 is 6.09 Å². The summed E-state index contributed by atoms with van der Waals surface area (Å²) in [6.45, 7) is 6.16. The molecule has 0 aliphatic carbocycles. The van der Waals surface area contributed by atoms with Crippen LogP contribution in [0.2, 0.25) is 0 Å². The van der Waals surface area contributed by atoms with Crippen molar-refractivity contribution in [2.45, 2.75) is 52.5 Å². The molecule has 3 atom stereocenters. The third-order valence-electron chi connectivity index (χ3n) is 4.91. The summed E-state index contributed by atoms with van der Waals surface area (Å²) < 4.78 is 4.98. The van der Waals surface area contributed by atoms with Crippen LogP contribution in [-0.4, -0.2) is 39.8 Å². The van der Waals surface area contributed by atoms with Crippen molar-refractivity contribution < 1.29 is 24.5 Å². The quantitative estimate of drug-likeness (QED) is 0.530. The number of hydrogen-bond acceptors (Lipinski definition) is 5. The molecule has 0 unspecified atom stereocenters. The second kappa shape index (κ2) is 9.44. The second-order valence-corrected chi connectivity index (χ2v) is 7.32. The molecule has 27 heavy (non-hydrogen) atoms. The lowest BCUT2D eigenvalue weighted by Crippen LogP contribution is -2.41. The molecule has 0 aromatic heterocycles. The highest BCUT2D eigenvalue weighted by Gasteiger charge is 2.38. The average molecular weight is 375 g/mol. The Labute approximate surface area is 160 Å². The zero-order chi connectivity index (χ0) is 20.0. The third-order valence-corrected chi connectivity index (χ3v) is 4.91. The molecule has 6 heteroatoms. The molecule has 1 aromatic rings. The van der Waals surface area contributed by atoms with Gasteiger partial charge in [-0.1, -0.05) is 39.0 Å². The van der Waals surface area contributed by atoms with E-state index in [4.69, 9.17) is 4.74 Å². The fourth-order valence-corrected chi connectivity index (χ4v) is 3.18. The maximum Gasteiger partial charge on any atom is 0.416 e. The van der Waals surface area contributed by atoms with Gasteiger partial charge in [0, 0.05) is 5.92 Å². The number of imide groups is 1. The summed E-state index contributed by atoms with van der Waals surface area (Å²) in [5.41, 5.74) is 0.966. The highest BCUT2D eigenvalue weighted by atomic mass is 16.6. The first-order valence-corrected chi connectivity index (χ1v) is 9.49. The highest BCUT2D eigenvalue weighted by molar-refractivity contribution is 5.94. The maximum atomic E-state index is 12.5. The van der Waals surface area contributed by atoms with Crippen LogP contribution in [-0.2, 0) is 16.0 Å². The number of nitrogens with zero attached hydrogens (tertiary/aromatic N) is 1. The fourth-order valence-electron chi connectivity index (χ4n) is 3.18. The van der Waals surface area contributed by atoms with Crippen molar-refractivity contribution in [3.8, 4) is 11.5 Å². The predicted molar refractivity (Wildman–Crippen MR) is 102 cm³/mol. The summed E-state index contributed by atoms with van der Waals surface area (Å²) in [5, 5.41) is 18.9. The lowest BCUT2D eigenvalue weighted by Gasteiger charge is -2.21. The van der Waals surface area contributed by atoms with Crippen LogP contribution in [0.5, 0.6) is 11.5 Å². The maximum absolute atomic E-state index is 12.5. The van der Waals surface area contributed by atoms with E-state index in [1.54, 1.807) is 12.1 Å². The Balaban J connectivity index is 1.79. The summed E-state index contributed by atoms with van der Waals surface area (Å²) in [6.07, 6.45) is 6.39. The summed E-state index contributed by atoms with van der Waals surface area (Å²) >= 11 is 0. The molecule has 2 N–H and O–H groups in total. The van der Waals surface area contributed by atoms with Gasteiger partial charge in [0.1, 0.15) is 6.61 Å². The van der Waals surface area contributed by atoms with Crippen LogP contribution in [0, 0.1) is 11.8 Å². The lowest BCUT2D eigenvalue weighted by atomic mass is 9.97. The van der Waals surface area contributed by atoms with E-state index >= 15 is 0 Å². The third kappa shape index (κ3) is 5.49. The number of amides is 2. The summed E-state index contributed by atoms with van der Waals surface area (Å²) in [5.74, 6) is -0.313. The Kier molecular flexibility index (Phi) is 7.28. The number of benzene rings is 1. The van der Waals surface area contributed by atoms with Crippen LogP contribution in [0.1, 0.15) is 45.6 Å². The van der Waals surface area contributed by atoms with Gasteiger partial charge >= 0.3 is 6.09 Å². The Morgan fingerprint density at radius 3 is 2.63 bits per heavy atom. The number of carbonyl (C=O) groups is 2.